The van der Waals surface area contributed by atoms with E-state index < -0.39 is 0 Å². The number of hydrogen-bond donors (Lipinski definition) is 1. The van der Waals surface area contributed by atoms with Crippen molar-refractivity contribution in [1.29, 1.82) is 0 Å². The Bertz CT molecular complexity index is 1180. The van der Waals surface area contributed by atoms with Gasteiger partial charge in [-0.25, -0.2) is 4.68 Å². The SMILES string of the molecule is O=C(NCc1cnn(-c2ccc(-n3ccncc3=O)cc2)c1)c1ccc(Cl)s1. The summed E-state index contributed by atoms with van der Waals surface area (Å²) in [6.45, 7) is 0.360. The summed E-state index contributed by atoms with van der Waals surface area (Å²) in [5, 5.41) is 7.18. The fourth-order valence-electron chi connectivity index (χ4n) is 2.63. The second-order valence-corrected chi connectivity index (χ2v) is 7.60. The molecule has 7 nitrogen and oxygen atoms in total. The maximum atomic E-state index is 12.1. The van der Waals surface area contributed by atoms with Crippen LogP contribution in [0.2, 0.25) is 4.34 Å². The minimum Gasteiger partial charge on any atom is -0.347 e. The monoisotopic (exact) mass is 411 g/mol. The number of amides is 1. The van der Waals surface area contributed by atoms with Gasteiger partial charge in [-0.05, 0) is 36.4 Å². The van der Waals surface area contributed by atoms with Crippen molar-refractivity contribution >= 4 is 28.8 Å². The summed E-state index contributed by atoms with van der Waals surface area (Å²) in [5.74, 6) is -0.170. The normalized spacial score (nSPS) is 10.8. The molecular weight excluding hydrogens is 398 g/mol. The molecule has 0 saturated carbocycles. The van der Waals surface area contributed by atoms with Crippen LogP contribution in [0.25, 0.3) is 11.4 Å². The van der Waals surface area contributed by atoms with Gasteiger partial charge in [0.2, 0.25) is 0 Å². The Morgan fingerprint density at radius 2 is 1.89 bits per heavy atom. The van der Waals surface area contributed by atoms with E-state index in [1.54, 1.807) is 35.4 Å². The molecule has 3 aromatic heterocycles. The van der Waals surface area contributed by atoms with Crippen molar-refractivity contribution in [3.05, 3.63) is 92.5 Å². The van der Waals surface area contributed by atoms with Crippen LogP contribution >= 0.6 is 22.9 Å². The topological polar surface area (TPSA) is 81.8 Å². The molecule has 1 aromatic carbocycles. The highest BCUT2D eigenvalue weighted by atomic mass is 35.5. The highest BCUT2D eigenvalue weighted by Crippen LogP contribution is 2.21. The third kappa shape index (κ3) is 3.88. The smallest absolute Gasteiger partial charge is 0.273 e. The van der Waals surface area contributed by atoms with E-state index in [1.165, 1.54) is 22.1 Å². The molecule has 0 bridgehead atoms. The fourth-order valence-corrected chi connectivity index (χ4v) is 3.58. The maximum absolute atomic E-state index is 12.1. The van der Waals surface area contributed by atoms with Gasteiger partial charge in [0.25, 0.3) is 11.5 Å². The molecule has 0 aliphatic carbocycles. The van der Waals surface area contributed by atoms with Crippen LogP contribution in [0.15, 0.2) is 72.2 Å². The van der Waals surface area contributed by atoms with Crippen LogP contribution in [0.5, 0.6) is 0 Å². The number of rotatable bonds is 5. The zero-order chi connectivity index (χ0) is 19.5. The summed E-state index contributed by atoms with van der Waals surface area (Å²) in [5.41, 5.74) is 2.25. The van der Waals surface area contributed by atoms with Gasteiger partial charge < -0.3 is 5.32 Å². The number of hydrogen-bond acceptors (Lipinski definition) is 5. The summed E-state index contributed by atoms with van der Waals surface area (Å²) in [6, 6.07) is 10.8. The Morgan fingerprint density at radius 1 is 1.11 bits per heavy atom. The average molecular weight is 412 g/mol. The molecule has 3 heterocycles. The van der Waals surface area contributed by atoms with E-state index in [0.717, 1.165) is 16.9 Å². The minimum atomic E-state index is -0.195. The zero-order valence-electron chi connectivity index (χ0n) is 14.4. The number of halogens is 1. The molecule has 0 atom stereocenters. The first-order valence-electron chi connectivity index (χ1n) is 8.31. The molecule has 0 spiro atoms. The van der Waals surface area contributed by atoms with Crippen LogP contribution < -0.4 is 10.9 Å². The lowest BCUT2D eigenvalue weighted by Crippen LogP contribution is -2.21. The van der Waals surface area contributed by atoms with Gasteiger partial charge in [-0.2, -0.15) is 5.10 Å². The Kier molecular flexibility index (Phi) is 5.05. The van der Waals surface area contributed by atoms with Crippen LogP contribution in [0.3, 0.4) is 0 Å². The molecule has 9 heteroatoms. The molecule has 0 aliphatic heterocycles. The minimum absolute atomic E-state index is 0.170. The van der Waals surface area contributed by atoms with E-state index in [0.29, 0.717) is 15.8 Å². The van der Waals surface area contributed by atoms with Gasteiger partial charge in [-0.15, -0.1) is 11.3 Å². The van der Waals surface area contributed by atoms with Crippen molar-refractivity contribution in [2.75, 3.05) is 0 Å². The number of nitrogens with one attached hydrogen (secondary N) is 1. The lowest BCUT2D eigenvalue weighted by atomic mass is 10.2. The average Bonchev–Trinajstić information content (AvgIpc) is 3.36. The second kappa shape index (κ2) is 7.79. The highest BCUT2D eigenvalue weighted by Gasteiger charge is 2.09. The summed E-state index contributed by atoms with van der Waals surface area (Å²) in [4.78, 5) is 28.3. The lowest BCUT2D eigenvalue weighted by Gasteiger charge is -2.06. The van der Waals surface area contributed by atoms with Crippen LogP contribution in [-0.4, -0.2) is 25.2 Å². The van der Waals surface area contributed by atoms with E-state index in [9.17, 15) is 9.59 Å². The summed E-state index contributed by atoms with van der Waals surface area (Å²) in [7, 11) is 0. The molecule has 1 amide bonds. The van der Waals surface area contributed by atoms with Crippen LogP contribution in [0.4, 0.5) is 0 Å². The first-order chi connectivity index (χ1) is 13.6. The molecule has 4 aromatic rings. The number of carbonyl (C=O) groups excluding carboxylic acids is 1. The van der Waals surface area contributed by atoms with Crippen LogP contribution in [0.1, 0.15) is 15.2 Å². The molecule has 28 heavy (non-hydrogen) atoms. The van der Waals surface area contributed by atoms with Gasteiger partial charge in [0, 0.05) is 36.4 Å². The molecule has 4 rings (SSSR count). The Labute approximate surface area is 168 Å². The van der Waals surface area contributed by atoms with Crippen LogP contribution in [-0.2, 0) is 6.54 Å². The maximum Gasteiger partial charge on any atom is 0.273 e. The van der Waals surface area contributed by atoms with Gasteiger partial charge in [0.1, 0.15) is 0 Å². The first kappa shape index (κ1) is 18.1. The molecular formula is C19H14ClN5O2S. The molecule has 0 aliphatic rings. The van der Waals surface area contributed by atoms with Crippen molar-refractivity contribution in [2.45, 2.75) is 6.54 Å². The van der Waals surface area contributed by atoms with E-state index >= 15 is 0 Å². The largest absolute Gasteiger partial charge is 0.347 e. The Morgan fingerprint density at radius 3 is 2.61 bits per heavy atom. The molecule has 0 fully saturated rings. The van der Waals surface area contributed by atoms with E-state index in [1.807, 2.05) is 30.5 Å². The predicted octanol–water partition coefficient (Wildman–Crippen LogP) is 3.06. The van der Waals surface area contributed by atoms with Crippen molar-refractivity contribution in [3.63, 3.8) is 0 Å². The quantitative estimate of drug-likeness (QED) is 0.547. The lowest BCUT2D eigenvalue weighted by molar-refractivity contribution is 0.0955. The van der Waals surface area contributed by atoms with Crippen molar-refractivity contribution in [3.8, 4) is 11.4 Å². The third-order valence-corrected chi connectivity index (χ3v) is 5.23. The van der Waals surface area contributed by atoms with Crippen molar-refractivity contribution < 1.29 is 4.79 Å². The third-order valence-electron chi connectivity index (χ3n) is 4.00. The van der Waals surface area contributed by atoms with Crippen LogP contribution in [0, 0.1) is 0 Å². The number of aromatic nitrogens is 4. The molecule has 0 saturated heterocycles. The van der Waals surface area contributed by atoms with Gasteiger partial charge in [0.15, 0.2) is 0 Å². The van der Waals surface area contributed by atoms with Gasteiger partial charge >= 0.3 is 0 Å². The van der Waals surface area contributed by atoms with E-state index in [4.69, 9.17) is 11.6 Å². The van der Waals surface area contributed by atoms with Gasteiger partial charge in [-0.1, -0.05) is 11.6 Å². The van der Waals surface area contributed by atoms with Crippen molar-refractivity contribution in [1.82, 2.24) is 24.6 Å². The van der Waals surface area contributed by atoms with E-state index in [-0.39, 0.29) is 11.5 Å². The first-order valence-corrected chi connectivity index (χ1v) is 9.50. The summed E-state index contributed by atoms with van der Waals surface area (Å²) < 4.78 is 3.80. The Balaban J connectivity index is 1.45. The number of nitrogens with zero attached hydrogens (tertiary/aromatic N) is 4. The molecule has 0 radical (unpaired) electrons. The molecule has 140 valence electrons. The second-order valence-electron chi connectivity index (χ2n) is 5.88. The van der Waals surface area contributed by atoms with Gasteiger partial charge in [-0.3, -0.25) is 19.1 Å². The van der Waals surface area contributed by atoms with E-state index in [2.05, 4.69) is 15.4 Å². The highest BCUT2D eigenvalue weighted by molar-refractivity contribution is 7.17. The Hall–Kier alpha value is -3.23. The summed E-state index contributed by atoms with van der Waals surface area (Å²) >= 11 is 7.09. The summed E-state index contributed by atoms with van der Waals surface area (Å²) in [6.07, 6.45) is 7.99. The van der Waals surface area contributed by atoms with Gasteiger partial charge in [0.05, 0.1) is 27.3 Å². The molecule has 1 N–H and O–H groups in total. The number of benzene rings is 1. The predicted molar refractivity (Wildman–Crippen MR) is 107 cm³/mol. The van der Waals surface area contributed by atoms with Crippen molar-refractivity contribution in [2.24, 2.45) is 0 Å². The zero-order valence-corrected chi connectivity index (χ0v) is 16.0. The number of thiophene rings is 1. The number of carbonyl (C=O) groups is 1. The molecule has 0 unspecified atom stereocenters. The fraction of sp³-hybridized carbons (Fsp3) is 0.0526. The standard InChI is InChI=1S/C19H14ClN5O2S/c20-17-6-5-16(28-17)19(27)22-9-13-10-23-25(12-13)15-3-1-14(2-4-15)24-8-7-21-11-18(24)26/h1-8,10-12H,9H2,(H,22,27).